The smallest absolute Gasteiger partial charge is 0.240 e. The van der Waals surface area contributed by atoms with E-state index in [1.54, 1.807) is 18.2 Å². The Bertz CT molecular complexity index is 607. The number of rotatable bonds is 3. The third kappa shape index (κ3) is 3.73. The average molecular weight is 325 g/mol. The maximum absolute atomic E-state index is 12.6. The van der Waals surface area contributed by atoms with E-state index in [9.17, 15) is 8.42 Å². The minimum Gasteiger partial charge on any atom is -0.486 e. The molecule has 1 aliphatic heterocycles. The molecule has 1 fully saturated rings. The maximum Gasteiger partial charge on any atom is 0.240 e. The van der Waals surface area contributed by atoms with Crippen molar-refractivity contribution in [1.82, 2.24) is 4.72 Å². The number of hydrogen-bond donors (Lipinski definition) is 1. The number of sulfonamides is 1. The molecule has 1 heterocycles. The number of hydrogen-bond acceptors (Lipinski definition) is 4. The molecule has 1 aromatic rings. The van der Waals surface area contributed by atoms with Gasteiger partial charge in [0.15, 0.2) is 11.5 Å². The minimum atomic E-state index is -3.51. The van der Waals surface area contributed by atoms with Crippen molar-refractivity contribution in [2.45, 2.75) is 55.9 Å². The van der Waals surface area contributed by atoms with Crippen molar-refractivity contribution in [3.8, 4) is 11.5 Å². The highest BCUT2D eigenvalue weighted by atomic mass is 32.2. The molecule has 0 saturated heterocycles. The third-order valence-electron chi connectivity index (χ3n) is 4.25. The van der Waals surface area contributed by atoms with Crippen molar-refractivity contribution < 1.29 is 17.9 Å². The summed E-state index contributed by atoms with van der Waals surface area (Å²) >= 11 is 0. The molecule has 0 unspecified atom stereocenters. The van der Waals surface area contributed by atoms with Crippen LogP contribution in [0.25, 0.3) is 0 Å². The predicted molar refractivity (Wildman–Crippen MR) is 83.9 cm³/mol. The first kappa shape index (κ1) is 15.6. The molecular weight excluding hydrogens is 302 g/mol. The van der Waals surface area contributed by atoms with E-state index in [-0.39, 0.29) is 10.9 Å². The summed E-state index contributed by atoms with van der Waals surface area (Å²) in [7, 11) is -3.51. The first-order valence-electron chi connectivity index (χ1n) is 8.07. The van der Waals surface area contributed by atoms with Gasteiger partial charge in [0, 0.05) is 12.1 Å². The van der Waals surface area contributed by atoms with E-state index in [4.69, 9.17) is 9.47 Å². The van der Waals surface area contributed by atoms with Gasteiger partial charge in [0.25, 0.3) is 0 Å². The monoisotopic (exact) mass is 325 g/mol. The summed E-state index contributed by atoms with van der Waals surface area (Å²) < 4.78 is 38.9. The molecule has 0 atom stereocenters. The van der Waals surface area contributed by atoms with Crippen molar-refractivity contribution in [2.75, 3.05) is 13.2 Å². The van der Waals surface area contributed by atoms with Crippen LogP contribution in [0.15, 0.2) is 23.1 Å². The van der Waals surface area contributed by atoms with Crippen molar-refractivity contribution in [2.24, 2.45) is 0 Å². The van der Waals surface area contributed by atoms with Crippen LogP contribution in [0.3, 0.4) is 0 Å². The third-order valence-corrected chi connectivity index (χ3v) is 5.77. The van der Waals surface area contributed by atoms with Crippen molar-refractivity contribution >= 4 is 10.0 Å². The van der Waals surface area contributed by atoms with E-state index in [1.807, 2.05) is 0 Å². The van der Waals surface area contributed by atoms with Gasteiger partial charge in [-0.3, -0.25) is 0 Å². The van der Waals surface area contributed by atoms with Crippen LogP contribution in [0.4, 0.5) is 0 Å². The first-order chi connectivity index (χ1) is 10.6. The van der Waals surface area contributed by atoms with Crippen LogP contribution in [0.2, 0.25) is 0 Å². The average Bonchev–Trinajstić information content (AvgIpc) is 2.49. The lowest BCUT2D eigenvalue weighted by molar-refractivity contribution is 0.171. The summed E-state index contributed by atoms with van der Waals surface area (Å²) in [4.78, 5) is 0.249. The second-order valence-electron chi connectivity index (χ2n) is 5.97. The van der Waals surface area contributed by atoms with Crippen LogP contribution < -0.4 is 14.2 Å². The van der Waals surface area contributed by atoms with Gasteiger partial charge in [-0.25, -0.2) is 13.1 Å². The Kier molecular flexibility index (Phi) is 4.88. The first-order valence-corrected chi connectivity index (χ1v) is 9.55. The number of nitrogens with one attached hydrogen (secondary N) is 1. The van der Waals surface area contributed by atoms with Gasteiger partial charge in [-0.2, -0.15) is 0 Å². The molecule has 1 saturated carbocycles. The predicted octanol–water partition coefficient (Wildman–Crippen LogP) is 2.85. The number of benzene rings is 1. The summed E-state index contributed by atoms with van der Waals surface area (Å²) in [6.07, 6.45) is 7.68. The summed E-state index contributed by atoms with van der Waals surface area (Å²) in [6, 6.07) is 4.85. The Morgan fingerprint density at radius 2 is 1.55 bits per heavy atom. The minimum absolute atomic E-state index is 0.0403. The van der Waals surface area contributed by atoms with Crippen LogP contribution >= 0.6 is 0 Å². The second-order valence-corrected chi connectivity index (χ2v) is 7.68. The fourth-order valence-electron chi connectivity index (χ4n) is 3.05. The standard InChI is InChI=1S/C16H23NO4S/c18-22(19,17-13-6-4-2-1-3-5-7-13)14-8-9-15-16(12-14)21-11-10-20-15/h8-9,12-13,17H,1-7,10-11H2. The van der Waals surface area contributed by atoms with Crippen LogP contribution in [-0.2, 0) is 10.0 Å². The molecule has 5 nitrogen and oxygen atoms in total. The Morgan fingerprint density at radius 3 is 2.27 bits per heavy atom. The highest BCUT2D eigenvalue weighted by molar-refractivity contribution is 7.89. The van der Waals surface area contributed by atoms with E-state index in [0.29, 0.717) is 24.7 Å². The molecule has 1 aliphatic carbocycles. The number of ether oxygens (including phenoxy) is 2. The fraction of sp³-hybridized carbons (Fsp3) is 0.625. The second kappa shape index (κ2) is 6.87. The molecule has 122 valence electrons. The lowest BCUT2D eigenvalue weighted by atomic mass is 9.97. The molecule has 1 aromatic carbocycles. The lowest BCUT2D eigenvalue weighted by Gasteiger charge is -2.22. The molecule has 3 rings (SSSR count). The van der Waals surface area contributed by atoms with Gasteiger partial charge in [-0.15, -0.1) is 0 Å². The number of fused-ring (bicyclic) bond motifs is 1. The van der Waals surface area contributed by atoms with Gasteiger partial charge in [0.2, 0.25) is 10.0 Å². The summed E-state index contributed by atoms with van der Waals surface area (Å²) in [5.41, 5.74) is 0. The fourth-order valence-corrected chi connectivity index (χ4v) is 4.37. The SMILES string of the molecule is O=S(=O)(NC1CCCCCCC1)c1ccc2c(c1)OCCO2. The molecule has 0 bridgehead atoms. The molecule has 1 N–H and O–H groups in total. The Labute approximate surface area is 132 Å². The van der Waals surface area contributed by atoms with Crippen LogP contribution in [0, 0.1) is 0 Å². The van der Waals surface area contributed by atoms with Gasteiger partial charge < -0.3 is 9.47 Å². The molecule has 6 heteroatoms. The zero-order valence-electron chi connectivity index (χ0n) is 12.7. The summed E-state index contributed by atoms with van der Waals surface area (Å²) in [6.45, 7) is 0.950. The summed E-state index contributed by atoms with van der Waals surface area (Å²) in [5, 5.41) is 0. The molecule has 0 amide bonds. The van der Waals surface area contributed by atoms with Gasteiger partial charge >= 0.3 is 0 Å². The van der Waals surface area contributed by atoms with E-state index in [1.165, 1.54) is 19.3 Å². The van der Waals surface area contributed by atoms with Gasteiger partial charge in [-0.05, 0) is 25.0 Å². The summed E-state index contributed by atoms with van der Waals surface area (Å²) in [5.74, 6) is 1.11. The van der Waals surface area contributed by atoms with Crippen molar-refractivity contribution in [1.29, 1.82) is 0 Å². The van der Waals surface area contributed by atoms with E-state index < -0.39 is 10.0 Å². The van der Waals surface area contributed by atoms with Gasteiger partial charge in [0.1, 0.15) is 13.2 Å². The molecule has 0 spiro atoms. The molecule has 2 aliphatic rings. The van der Waals surface area contributed by atoms with Gasteiger partial charge in [-0.1, -0.05) is 32.1 Å². The van der Waals surface area contributed by atoms with E-state index >= 15 is 0 Å². The highest BCUT2D eigenvalue weighted by Gasteiger charge is 2.23. The van der Waals surface area contributed by atoms with Crippen LogP contribution in [0.5, 0.6) is 11.5 Å². The van der Waals surface area contributed by atoms with Crippen LogP contribution in [0.1, 0.15) is 44.9 Å². The normalized spacial score (nSPS) is 20.2. The van der Waals surface area contributed by atoms with Gasteiger partial charge in [0.05, 0.1) is 4.90 Å². The zero-order valence-corrected chi connectivity index (χ0v) is 13.5. The topological polar surface area (TPSA) is 64.6 Å². The largest absolute Gasteiger partial charge is 0.486 e. The lowest BCUT2D eigenvalue weighted by Crippen LogP contribution is -2.35. The van der Waals surface area contributed by atoms with Crippen molar-refractivity contribution in [3.63, 3.8) is 0 Å². The maximum atomic E-state index is 12.6. The molecule has 0 radical (unpaired) electrons. The quantitative estimate of drug-likeness (QED) is 0.928. The zero-order chi connectivity index (χ0) is 15.4. The molecule has 0 aromatic heterocycles. The van der Waals surface area contributed by atoms with E-state index in [0.717, 1.165) is 25.7 Å². The molecular formula is C16H23NO4S. The Morgan fingerprint density at radius 1 is 0.909 bits per heavy atom. The Balaban J connectivity index is 1.74. The van der Waals surface area contributed by atoms with Crippen LogP contribution in [-0.4, -0.2) is 27.7 Å². The molecule has 22 heavy (non-hydrogen) atoms. The van der Waals surface area contributed by atoms with Crippen molar-refractivity contribution in [3.05, 3.63) is 18.2 Å². The van der Waals surface area contributed by atoms with E-state index in [2.05, 4.69) is 4.72 Å². The highest BCUT2D eigenvalue weighted by Crippen LogP contribution is 2.32. The Hall–Kier alpha value is -1.27.